The maximum absolute atomic E-state index is 13.4. The molecule has 1 saturated carbocycles. The predicted octanol–water partition coefficient (Wildman–Crippen LogP) is 6.71. The van der Waals surface area contributed by atoms with Crippen LogP contribution < -0.4 is 5.32 Å². The van der Waals surface area contributed by atoms with Crippen molar-refractivity contribution < 1.29 is 9.59 Å². The summed E-state index contributed by atoms with van der Waals surface area (Å²) in [7, 11) is 0. The van der Waals surface area contributed by atoms with Gasteiger partial charge in [0.25, 0.3) is 0 Å². The monoisotopic (exact) mass is 514 g/mol. The van der Waals surface area contributed by atoms with Crippen molar-refractivity contribution in [2.45, 2.75) is 64.1 Å². The molecular weight excluding hydrogens is 490 g/mol. The van der Waals surface area contributed by atoms with Crippen molar-refractivity contribution >= 4 is 58.2 Å². The molecule has 0 spiro atoms. The molecule has 1 aliphatic rings. The maximum atomic E-state index is 13.4. The van der Waals surface area contributed by atoms with Gasteiger partial charge in [-0.2, -0.15) is 0 Å². The van der Waals surface area contributed by atoms with Gasteiger partial charge in [0.1, 0.15) is 6.04 Å². The number of nitrogens with zero attached hydrogens (tertiary/aromatic N) is 1. The van der Waals surface area contributed by atoms with Gasteiger partial charge in [-0.15, -0.1) is 0 Å². The number of carbonyl (C=O) groups is 2. The minimum absolute atomic E-state index is 0.0401. The molecule has 1 fully saturated rings. The van der Waals surface area contributed by atoms with Crippen molar-refractivity contribution in [1.29, 1.82) is 0 Å². The number of halogens is 4. The quantitative estimate of drug-likeness (QED) is 0.445. The molecule has 0 unspecified atom stereocenters. The summed E-state index contributed by atoms with van der Waals surface area (Å²) in [5, 5.41) is 4.78. The van der Waals surface area contributed by atoms with Crippen LogP contribution in [0.25, 0.3) is 0 Å². The molecule has 32 heavy (non-hydrogen) atoms. The number of hydrogen-bond acceptors (Lipinski definition) is 2. The van der Waals surface area contributed by atoms with Gasteiger partial charge in [0.2, 0.25) is 11.8 Å². The van der Waals surface area contributed by atoms with Crippen LogP contribution in [-0.2, 0) is 22.6 Å². The van der Waals surface area contributed by atoms with E-state index in [-0.39, 0.29) is 30.8 Å². The van der Waals surface area contributed by atoms with E-state index in [4.69, 9.17) is 46.4 Å². The van der Waals surface area contributed by atoms with E-state index in [0.29, 0.717) is 31.2 Å². The molecule has 1 aliphatic carbocycles. The third kappa shape index (κ3) is 6.32. The molecule has 1 N–H and O–H groups in total. The normalized spacial score (nSPS) is 15.3. The Labute approximate surface area is 209 Å². The average Bonchev–Trinajstić information content (AvgIpc) is 2.76. The molecule has 2 aromatic carbocycles. The van der Waals surface area contributed by atoms with Crippen molar-refractivity contribution in [3.8, 4) is 0 Å². The first kappa shape index (κ1) is 25.2. The van der Waals surface area contributed by atoms with Crippen molar-refractivity contribution in [3.63, 3.8) is 0 Å². The Morgan fingerprint density at radius 1 is 0.906 bits per heavy atom. The van der Waals surface area contributed by atoms with Crippen LogP contribution in [0.5, 0.6) is 0 Å². The molecule has 0 bridgehead atoms. The Kier molecular flexibility index (Phi) is 9.13. The van der Waals surface area contributed by atoms with Gasteiger partial charge in [0.15, 0.2) is 0 Å². The van der Waals surface area contributed by atoms with E-state index in [2.05, 4.69) is 5.32 Å². The lowest BCUT2D eigenvalue weighted by molar-refractivity contribution is -0.140. The Morgan fingerprint density at radius 3 is 1.94 bits per heavy atom. The van der Waals surface area contributed by atoms with Gasteiger partial charge < -0.3 is 10.2 Å². The standard InChI is InChI=1S/C24H26Cl4N2O2/c1-15(24(32)29-16-7-3-2-4-8-16)30(14-18-21(27)11-6-12-22(18)28)23(31)13-17-19(25)9-5-10-20(17)26/h5-6,9-12,15-16H,2-4,7-8,13-14H2,1H3,(H,29,32)/t15-/m1/s1. The Balaban J connectivity index is 1.86. The van der Waals surface area contributed by atoms with Crippen LogP contribution in [0, 0.1) is 0 Å². The van der Waals surface area contributed by atoms with Gasteiger partial charge in [-0.1, -0.05) is 77.8 Å². The fourth-order valence-electron chi connectivity index (χ4n) is 3.96. The Hall–Kier alpha value is -1.46. The molecule has 8 heteroatoms. The summed E-state index contributed by atoms with van der Waals surface area (Å²) in [6.07, 6.45) is 5.26. The molecule has 0 aromatic heterocycles. The highest BCUT2D eigenvalue weighted by molar-refractivity contribution is 6.36. The van der Waals surface area contributed by atoms with Crippen LogP contribution in [0.1, 0.15) is 50.2 Å². The second-order valence-corrected chi connectivity index (χ2v) is 9.75. The highest BCUT2D eigenvalue weighted by Gasteiger charge is 2.29. The summed E-state index contributed by atoms with van der Waals surface area (Å²) in [6, 6.07) is 9.67. The van der Waals surface area contributed by atoms with E-state index in [1.165, 1.54) is 11.3 Å². The Morgan fingerprint density at radius 2 is 1.41 bits per heavy atom. The number of amides is 2. The van der Waals surface area contributed by atoms with Crippen LogP contribution in [0.15, 0.2) is 36.4 Å². The third-order valence-electron chi connectivity index (χ3n) is 5.90. The first-order valence-electron chi connectivity index (χ1n) is 10.7. The summed E-state index contributed by atoms with van der Waals surface area (Å²) in [5.74, 6) is -0.485. The van der Waals surface area contributed by atoms with Gasteiger partial charge >= 0.3 is 0 Å². The first-order chi connectivity index (χ1) is 15.3. The highest BCUT2D eigenvalue weighted by atomic mass is 35.5. The molecule has 3 rings (SSSR count). The van der Waals surface area contributed by atoms with Crippen LogP contribution in [-0.4, -0.2) is 28.8 Å². The molecule has 2 amide bonds. The minimum Gasteiger partial charge on any atom is -0.352 e. The molecule has 0 aliphatic heterocycles. The fourth-order valence-corrected chi connectivity index (χ4v) is 5.01. The Bertz CT molecular complexity index is 936. The summed E-state index contributed by atoms with van der Waals surface area (Å²) >= 11 is 25.3. The number of benzene rings is 2. The van der Waals surface area contributed by atoms with Gasteiger partial charge in [-0.25, -0.2) is 0 Å². The van der Waals surface area contributed by atoms with Crippen LogP contribution in [0.4, 0.5) is 0 Å². The zero-order valence-electron chi connectivity index (χ0n) is 17.8. The average molecular weight is 516 g/mol. The summed E-state index contributed by atoms with van der Waals surface area (Å²) < 4.78 is 0. The second-order valence-electron chi connectivity index (χ2n) is 8.12. The van der Waals surface area contributed by atoms with Gasteiger partial charge in [0, 0.05) is 38.2 Å². The molecular formula is C24H26Cl4N2O2. The molecule has 0 radical (unpaired) electrons. The lowest BCUT2D eigenvalue weighted by Gasteiger charge is -2.32. The van der Waals surface area contributed by atoms with Gasteiger partial charge in [0.05, 0.1) is 6.42 Å². The smallest absolute Gasteiger partial charge is 0.242 e. The molecule has 1 atom stereocenters. The van der Waals surface area contributed by atoms with E-state index in [1.54, 1.807) is 43.3 Å². The SMILES string of the molecule is C[C@H](C(=O)NC1CCCCC1)N(Cc1c(Cl)cccc1Cl)C(=O)Cc1c(Cl)cccc1Cl. The first-order valence-corrected chi connectivity index (χ1v) is 12.2. The van der Waals surface area contributed by atoms with Gasteiger partial charge in [-0.3, -0.25) is 9.59 Å². The lowest BCUT2D eigenvalue weighted by Crippen LogP contribution is -2.50. The number of nitrogens with one attached hydrogen (secondary N) is 1. The van der Waals surface area contributed by atoms with E-state index in [9.17, 15) is 9.59 Å². The number of carbonyl (C=O) groups excluding carboxylic acids is 2. The van der Waals surface area contributed by atoms with E-state index >= 15 is 0 Å². The van der Waals surface area contributed by atoms with E-state index < -0.39 is 6.04 Å². The van der Waals surface area contributed by atoms with Crippen molar-refractivity contribution in [1.82, 2.24) is 10.2 Å². The molecule has 4 nitrogen and oxygen atoms in total. The second kappa shape index (κ2) is 11.6. The molecule has 172 valence electrons. The summed E-state index contributed by atoms with van der Waals surface area (Å²) in [4.78, 5) is 28.0. The minimum atomic E-state index is -0.724. The van der Waals surface area contributed by atoms with Crippen molar-refractivity contribution in [2.24, 2.45) is 0 Å². The van der Waals surface area contributed by atoms with E-state index in [0.717, 1.165) is 25.7 Å². The maximum Gasteiger partial charge on any atom is 0.242 e. The zero-order chi connectivity index (χ0) is 23.3. The lowest BCUT2D eigenvalue weighted by atomic mass is 9.95. The molecule has 0 saturated heterocycles. The van der Waals surface area contributed by atoms with Crippen molar-refractivity contribution in [3.05, 3.63) is 67.6 Å². The topological polar surface area (TPSA) is 49.4 Å². The van der Waals surface area contributed by atoms with Crippen molar-refractivity contribution in [2.75, 3.05) is 0 Å². The zero-order valence-corrected chi connectivity index (χ0v) is 20.9. The third-order valence-corrected chi connectivity index (χ3v) is 7.32. The molecule has 2 aromatic rings. The van der Waals surface area contributed by atoms with Gasteiger partial charge in [-0.05, 0) is 49.6 Å². The summed E-state index contributed by atoms with van der Waals surface area (Å²) in [6.45, 7) is 1.81. The number of hydrogen-bond donors (Lipinski definition) is 1. The molecule has 0 heterocycles. The summed E-state index contributed by atoms with van der Waals surface area (Å²) in [5.41, 5.74) is 1.11. The van der Waals surface area contributed by atoms with E-state index in [1.807, 2.05) is 0 Å². The van der Waals surface area contributed by atoms with Crippen LogP contribution in [0.3, 0.4) is 0 Å². The largest absolute Gasteiger partial charge is 0.352 e. The highest BCUT2D eigenvalue weighted by Crippen LogP contribution is 2.29. The fraction of sp³-hybridized carbons (Fsp3) is 0.417. The van der Waals surface area contributed by atoms with Crippen LogP contribution in [0.2, 0.25) is 20.1 Å². The number of rotatable bonds is 7. The van der Waals surface area contributed by atoms with Crippen LogP contribution >= 0.6 is 46.4 Å². The predicted molar refractivity (Wildman–Crippen MR) is 132 cm³/mol.